The molecule has 0 amide bonds. The Bertz CT molecular complexity index is 674. The molecule has 3 heteroatoms. The molecule has 0 fully saturated rings. The summed E-state index contributed by atoms with van der Waals surface area (Å²) in [5, 5.41) is 0. The van der Waals surface area contributed by atoms with Gasteiger partial charge in [-0.3, -0.25) is 4.79 Å². The van der Waals surface area contributed by atoms with Crippen LogP contribution in [0.5, 0.6) is 5.75 Å². The molecular weight excluding hydrogens is 328 g/mol. The number of fused-ring (bicyclic) bond motifs is 1. The van der Waals surface area contributed by atoms with Gasteiger partial charge in [0, 0.05) is 28.4 Å². The molecule has 2 aromatic rings. The van der Waals surface area contributed by atoms with E-state index in [0.29, 0.717) is 6.42 Å². The lowest BCUT2D eigenvalue weighted by Gasteiger charge is -2.21. The fraction of sp³-hybridized carbons (Fsp3) is 0.278. The third-order valence-corrected chi connectivity index (χ3v) is 4.56. The Labute approximate surface area is 133 Å². The van der Waals surface area contributed by atoms with Crippen molar-refractivity contribution in [2.75, 3.05) is 7.11 Å². The number of carbonyl (C=O) groups is 1. The number of benzene rings is 2. The van der Waals surface area contributed by atoms with Crippen molar-refractivity contribution in [2.45, 2.75) is 25.7 Å². The van der Waals surface area contributed by atoms with Crippen LogP contribution in [0.4, 0.5) is 0 Å². The van der Waals surface area contributed by atoms with Crippen LogP contribution in [0.3, 0.4) is 0 Å². The summed E-state index contributed by atoms with van der Waals surface area (Å²) < 4.78 is 6.59. The highest BCUT2D eigenvalue weighted by atomic mass is 79.9. The van der Waals surface area contributed by atoms with E-state index in [-0.39, 0.29) is 5.78 Å². The number of Topliss-reactive ketones (excluding diaryl/α,β-unsaturated/α-hetero) is 1. The topological polar surface area (TPSA) is 26.3 Å². The maximum absolute atomic E-state index is 12.1. The molecule has 0 aromatic heterocycles. The SMILES string of the molecule is COc1ccc2c(c1Cc1ccc(Br)cc1)CCCC2=O. The average molecular weight is 345 g/mol. The molecule has 0 radical (unpaired) electrons. The smallest absolute Gasteiger partial charge is 0.163 e. The highest BCUT2D eigenvalue weighted by Gasteiger charge is 2.22. The number of hydrogen-bond donors (Lipinski definition) is 0. The molecule has 0 N–H and O–H groups in total. The lowest BCUT2D eigenvalue weighted by molar-refractivity contribution is 0.0972. The number of ether oxygens (including phenoxy) is 1. The van der Waals surface area contributed by atoms with Gasteiger partial charge in [-0.1, -0.05) is 28.1 Å². The van der Waals surface area contributed by atoms with Crippen LogP contribution in [0.25, 0.3) is 0 Å². The van der Waals surface area contributed by atoms with Gasteiger partial charge in [-0.25, -0.2) is 0 Å². The van der Waals surface area contributed by atoms with Gasteiger partial charge in [-0.05, 0) is 48.2 Å². The van der Waals surface area contributed by atoms with Crippen LogP contribution in [0.2, 0.25) is 0 Å². The van der Waals surface area contributed by atoms with Gasteiger partial charge in [0.15, 0.2) is 5.78 Å². The van der Waals surface area contributed by atoms with Crippen LogP contribution >= 0.6 is 15.9 Å². The van der Waals surface area contributed by atoms with Crippen molar-refractivity contribution in [3.05, 3.63) is 63.1 Å². The minimum atomic E-state index is 0.260. The van der Waals surface area contributed by atoms with E-state index in [1.165, 1.54) is 11.1 Å². The lowest BCUT2D eigenvalue weighted by atomic mass is 9.85. The zero-order valence-electron chi connectivity index (χ0n) is 12.0. The van der Waals surface area contributed by atoms with Crippen LogP contribution in [-0.4, -0.2) is 12.9 Å². The summed E-state index contributed by atoms with van der Waals surface area (Å²) in [4.78, 5) is 12.1. The van der Waals surface area contributed by atoms with Crippen molar-refractivity contribution in [1.29, 1.82) is 0 Å². The summed E-state index contributed by atoms with van der Waals surface area (Å²) in [6.45, 7) is 0. The van der Waals surface area contributed by atoms with E-state index in [4.69, 9.17) is 4.74 Å². The third kappa shape index (κ3) is 2.88. The molecule has 1 aliphatic rings. The third-order valence-electron chi connectivity index (χ3n) is 4.03. The fourth-order valence-electron chi connectivity index (χ4n) is 2.97. The second kappa shape index (κ2) is 6.02. The van der Waals surface area contributed by atoms with Crippen LogP contribution in [-0.2, 0) is 12.8 Å². The molecule has 0 spiro atoms. The van der Waals surface area contributed by atoms with Crippen LogP contribution in [0.1, 0.15) is 39.9 Å². The molecule has 1 aliphatic carbocycles. The molecule has 3 rings (SSSR count). The second-order valence-corrected chi connectivity index (χ2v) is 6.27. The maximum atomic E-state index is 12.1. The van der Waals surface area contributed by atoms with E-state index in [9.17, 15) is 4.79 Å². The molecule has 0 aliphatic heterocycles. The van der Waals surface area contributed by atoms with Crippen LogP contribution in [0.15, 0.2) is 40.9 Å². The van der Waals surface area contributed by atoms with Crippen molar-refractivity contribution < 1.29 is 9.53 Å². The molecule has 0 heterocycles. The number of methoxy groups -OCH3 is 1. The average Bonchev–Trinajstić information content (AvgIpc) is 2.50. The van der Waals surface area contributed by atoms with E-state index < -0.39 is 0 Å². The van der Waals surface area contributed by atoms with E-state index in [1.807, 2.05) is 24.3 Å². The van der Waals surface area contributed by atoms with Crippen molar-refractivity contribution >= 4 is 21.7 Å². The van der Waals surface area contributed by atoms with Gasteiger partial charge in [-0.2, -0.15) is 0 Å². The molecule has 0 atom stereocenters. The minimum absolute atomic E-state index is 0.260. The molecule has 0 unspecified atom stereocenters. The molecular formula is C18H17BrO2. The molecule has 0 bridgehead atoms. The van der Waals surface area contributed by atoms with Crippen molar-refractivity contribution in [3.63, 3.8) is 0 Å². The first-order chi connectivity index (χ1) is 10.2. The normalized spacial score (nSPS) is 13.9. The monoisotopic (exact) mass is 344 g/mol. The molecule has 0 saturated heterocycles. The van der Waals surface area contributed by atoms with E-state index >= 15 is 0 Å². The zero-order chi connectivity index (χ0) is 14.8. The lowest BCUT2D eigenvalue weighted by Crippen LogP contribution is -2.14. The van der Waals surface area contributed by atoms with Crippen molar-refractivity contribution in [3.8, 4) is 5.75 Å². The predicted octanol–water partition coefficient (Wildman–Crippen LogP) is 4.57. The Hall–Kier alpha value is -1.61. The van der Waals surface area contributed by atoms with E-state index in [0.717, 1.165) is 40.6 Å². The Morgan fingerprint density at radius 2 is 1.86 bits per heavy atom. The number of rotatable bonds is 3. The van der Waals surface area contributed by atoms with Gasteiger partial charge in [0.2, 0.25) is 0 Å². The Morgan fingerprint density at radius 1 is 1.10 bits per heavy atom. The van der Waals surface area contributed by atoms with Crippen molar-refractivity contribution in [1.82, 2.24) is 0 Å². The van der Waals surface area contributed by atoms with Gasteiger partial charge in [0.25, 0.3) is 0 Å². The van der Waals surface area contributed by atoms with Gasteiger partial charge < -0.3 is 4.74 Å². The molecule has 21 heavy (non-hydrogen) atoms. The molecule has 0 saturated carbocycles. The summed E-state index contributed by atoms with van der Waals surface area (Å²) in [5.74, 6) is 1.14. The first kappa shape index (κ1) is 14.3. The number of ketones is 1. The van der Waals surface area contributed by atoms with Gasteiger partial charge in [0.05, 0.1) is 7.11 Å². The summed E-state index contributed by atoms with van der Waals surface area (Å²) in [7, 11) is 1.69. The molecule has 2 aromatic carbocycles. The van der Waals surface area contributed by atoms with E-state index in [2.05, 4.69) is 28.1 Å². The Balaban J connectivity index is 2.05. The summed E-state index contributed by atoms with van der Waals surface area (Å²) in [5.41, 5.74) is 4.44. The number of halogens is 1. The predicted molar refractivity (Wildman–Crippen MR) is 87.2 cm³/mol. The van der Waals surface area contributed by atoms with Crippen LogP contribution in [0, 0.1) is 0 Å². The van der Waals surface area contributed by atoms with Crippen molar-refractivity contribution in [2.24, 2.45) is 0 Å². The highest BCUT2D eigenvalue weighted by molar-refractivity contribution is 9.10. The number of hydrogen-bond acceptors (Lipinski definition) is 2. The van der Waals surface area contributed by atoms with Gasteiger partial charge >= 0.3 is 0 Å². The first-order valence-electron chi connectivity index (χ1n) is 7.15. The maximum Gasteiger partial charge on any atom is 0.163 e. The Morgan fingerprint density at radius 3 is 2.57 bits per heavy atom. The summed E-state index contributed by atoms with van der Waals surface area (Å²) >= 11 is 3.46. The number of carbonyl (C=O) groups excluding carboxylic acids is 1. The molecule has 2 nitrogen and oxygen atoms in total. The second-order valence-electron chi connectivity index (χ2n) is 5.35. The largest absolute Gasteiger partial charge is 0.496 e. The fourth-order valence-corrected chi connectivity index (χ4v) is 3.23. The van der Waals surface area contributed by atoms with Gasteiger partial charge in [-0.15, -0.1) is 0 Å². The quantitative estimate of drug-likeness (QED) is 0.815. The zero-order valence-corrected chi connectivity index (χ0v) is 13.6. The highest BCUT2D eigenvalue weighted by Crippen LogP contribution is 2.33. The van der Waals surface area contributed by atoms with Crippen LogP contribution < -0.4 is 4.74 Å². The standard InChI is InChI=1S/C18H17BrO2/c1-21-18-10-9-15-14(3-2-4-17(15)20)16(18)11-12-5-7-13(19)8-6-12/h5-10H,2-4,11H2,1H3. The molecule has 108 valence electrons. The minimum Gasteiger partial charge on any atom is -0.496 e. The van der Waals surface area contributed by atoms with E-state index in [1.54, 1.807) is 7.11 Å². The summed E-state index contributed by atoms with van der Waals surface area (Å²) in [6.07, 6.45) is 3.36. The summed E-state index contributed by atoms with van der Waals surface area (Å²) in [6, 6.07) is 12.1. The Kier molecular flexibility index (Phi) is 4.11. The first-order valence-corrected chi connectivity index (χ1v) is 7.94. The van der Waals surface area contributed by atoms with Gasteiger partial charge in [0.1, 0.15) is 5.75 Å².